The summed E-state index contributed by atoms with van der Waals surface area (Å²) < 4.78 is 0. The summed E-state index contributed by atoms with van der Waals surface area (Å²) in [5.74, 6) is 1.60. The minimum absolute atomic E-state index is 0.345. The average molecular weight is 245 g/mol. The third kappa shape index (κ3) is 3.35. The first-order valence-electron chi connectivity index (χ1n) is 7.52. The van der Waals surface area contributed by atoms with Crippen molar-refractivity contribution in [3.63, 3.8) is 0 Å². The van der Waals surface area contributed by atoms with Crippen LogP contribution in [0.15, 0.2) is 24.3 Å². The van der Waals surface area contributed by atoms with Gasteiger partial charge in [0, 0.05) is 6.04 Å². The van der Waals surface area contributed by atoms with Crippen LogP contribution in [0.3, 0.4) is 0 Å². The van der Waals surface area contributed by atoms with Crippen LogP contribution in [0.1, 0.15) is 50.2 Å². The molecule has 1 aromatic carbocycles. The summed E-state index contributed by atoms with van der Waals surface area (Å²) in [6.07, 6.45) is 7.86. The number of aryl methyl sites for hydroxylation is 1. The summed E-state index contributed by atoms with van der Waals surface area (Å²) in [7, 11) is 0. The summed E-state index contributed by atoms with van der Waals surface area (Å²) in [4.78, 5) is 0. The zero-order valence-corrected chi connectivity index (χ0v) is 11.9. The van der Waals surface area contributed by atoms with Gasteiger partial charge < -0.3 is 5.73 Å². The van der Waals surface area contributed by atoms with E-state index in [-0.39, 0.29) is 0 Å². The molecule has 1 nitrogen and oxygen atoms in total. The molecule has 2 rings (SSSR count). The van der Waals surface area contributed by atoms with Gasteiger partial charge in [0.1, 0.15) is 0 Å². The molecule has 0 spiro atoms. The fraction of sp³-hybridized carbons (Fsp3) is 0.647. The zero-order valence-electron chi connectivity index (χ0n) is 11.9. The molecule has 1 saturated carbocycles. The highest BCUT2D eigenvalue weighted by Gasteiger charge is 2.28. The average Bonchev–Trinajstić information content (AvgIpc) is 2.41. The van der Waals surface area contributed by atoms with Crippen molar-refractivity contribution in [3.05, 3.63) is 35.4 Å². The van der Waals surface area contributed by atoms with Crippen molar-refractivity contribution in [2.24, 2.45) is 17.6 Å². The number of rotatable bonds is 4. The van der Waals surface area contributed by atoms with Gasteiger partial charge in [-0.15, -0.1) is 0 Å². The van der Waals surface area contributed by atoms with Crippen LogP contribution in [-0.2, 0) is 6.42 Å². The lowest BCUT2D eigenvalue weighted by molar-refractivity contribution is 0.195. The van der Waals surface area contributed by atoms with E-state index in [2.05, 4.69) is 38.1 Å². The van der Waals surface area contributed by atoms with Crippen LogP contribution in [0.25, 0.3) is 0 Å². The Morgan fingerprint density at radius 1 is 1.17 bits per heavy atom. The predicted octanol–water partition coefficient (Wildman–Crippen LogP) is 4.08. The lowest BCUT2D eigenvalue weighted by Gasteiger charge is -2.35. The Bertz CT molecular complexity index is 354. The summed E-state index contributed by atoms with van der Waals surface area (Å²) in [5.41, 5.74) is 9.21. The number of benzene rings is 1. The van der Waals surface area contributed by atoms with Crippen molar-refractivity contribution in [1.82, 2.24) is 0 Å². The van der Waals surface area contributed by atoms with Gasteiger partial charge in [0.2, 0.25) is 0 Å². The maximum atomic E-state index is 6.48. The molecule has 1 fully saturated rings. The molecule has 18 heavy (non-hydrogen) atoms. The Hall–Kier alpha value is -0.820. The minimum Gasteiger partial charge on any atom is -0.327 e. The third-order valence-electron chi connectivity index (χ3n) is 4.63. The van der Waals surface area contributed by atoms with Crippen LogP contribution in [0.4, 0.5) is 0 Å². The molecule has 0 aromatic heterocycles. The molecule has 0 saturated heterocycles. The highest BCUT2D eigenvalue weighted by Crippen LogP contribution is 2.34. The Balaban J connectivity index is 1.97. The highest BCUT2D eigenvalue weighted by atomic mass is 14.7. The summed E-state index contributed by atoms with van der Waals surface area (Å²) in [5, 5.41) is 0. The number of hydrogen-bond donors (Lipinski definition) is 1. The van der Waals surface area contributed by atoms with Gasteiger partial charge in [-0.1, -0.05) is 62.4 Å². The molecule has 100 valence electrons. The SMILES string of the molecule is CCC1CCCCC1C(N)Cc1ccc(C)cc1. The van der Waals surface area contributed by atoms with Gasteiger partial charge in [-0.3, -0.25) is 0 Å². The molecule has 1 aliphatic carbocycles. The first kappa shape index (κ1) is 13.6. The molecule has 2 N–H and O–H groups in total. The lowest BCUT2D eigenvalue weighted by Crippen LogP contribution is -2.38. The zero-order chi connectivity index (χ0) is 13.0. The van der Waals surface area contributed by atoms with Gasteiger partial charge >= 0.3 is 0 Å². The normalized spacial score (nSPS) is 25.9. The van der Waals surface area contributed by atoms with Gasteiger partial charge in [0.25, 0.3) is 0 Å². The molecule has 3 atom stereocenters. The molecule has 1 aliphatic rings. The van der Waals surface area contributed by atoms with Crippen molar-refractivity contribution >= 4 is 0 Å². The van der Waals surface area contributed by atoms with E-state index in [1.54, 1.807) is 0 Å². The van der Waals surface area contributed by atoms with E-state index >= 15 is 0 Å². The monoisotopic (exact) mass is 245 g/mol. The first-order valence-corrected chi connectivity index (χ1v) is 7.52. The summed E-state index contributed by atoms with van der Waals surface area (Å²) in [6, 6.07) is 9.20. The van der Waals surface area contributed by atoms with Crippen molar-refractivity contribution in [2.75, 3.05) is 0 Å². The Kier molecular flexibility index (Phi) is 4.82. The van der Waals surface area contributed by atoms with Crippen molar-refractivity contribution in [1.29, 1.82) is 0 Å². The maximum Gasteiger partial charge on any atom is 0.0110 e. The predicted molar refractivity (Wildman–Crippen MR) is 78.6 cm³/mol. The van der Waals surface area contributed by atoms with Crippen LogP contribution in [0, 0.1) is 18.8 Å². The highest BCUT2D eigenvalue weighted by molar-refractivity contribution is 5.22. The van der Waals surface area contributed by atoms with Gasteiger partial charge in [0.15, 0.2) is 0 Å². The Labute approximate surface area is 112 Å². The molecule has 0 heterocycles. The van der Waals surface area contributed by atoms with E-state index < -0.39 is 0 Å². The molecular weight excluding hydrogens is 218 g/mol. The fourth-order valence-corrected chi connectivity index (χ4v) is 3.45. The summed E-state index contributed by atoms with van der Waals surface area (Å²) >= 11 is 0. The Morgan fingerprint density at radius 3 is 2.50 bits per heavy atom. The van der Waals surface area contributed by atoms with Gasteiger partial charge in [-0.2, -0.15) is 0 Å². The first-order chi connectivity index (χ1) is 8.70. The largest absolute Gasteiger partial charge is 0.327 e. The molecule has 3 unspecified atom stereocenters. The molecule has 0 aliphatic heterocycles. The van der Waals surface area contributed by atoms with Crippen LogP contribution in [0.5, 0.6) is 0 Å². The van der Waals surface area contributed by atoms with E-state index in [1.807, 2.05) is 0 Å². The number of nitrogens with two attached hydrogens (primary N) is 1. The van der Waals surface area contributed by atoms with E-state index in [9.17, 15) is 0 Å². The van der Waals surface area contributed by atoms with Gasteiger partial charge in [0.05, 0.1) is 0 Å². The second kappa shape index (κ2) is 6.38. The van der Waals surface area contributed by atoms with E-state index in [0.29, 0.717) is 6.04 Å². The Morgan fingerprint density at radius 2 is 1.83 bits per heavy atom. The standard InChI is InChI=1S/C17H27N/c1-3-15-6-4-5-7-16(15)17(18)12-14-10-8-13(2)9-11-14/h8-11,15-17H,3-7,12,18H2,1-2H3. The molecule has 1 aromatic rings. The van der Waals surface area contributed by atoms with Crippen LogP contribution >= 0.6 is 0 Å². The molecule has 0 radical (unpaired) electrons. The van der Waals surface area contributed by atoms with E-state index in [0.717, 1.165) is 18.3 Å². The molecule has 0 bridgehead atoms. The third-order valence-corrected chi connectivity index (χ3v) is 4.63. The topological polar surface area (TPSA) is 26.0 Å². The van der Waals surface area contributed by atoms with Crippen molar-refractivity contribution < 1.29 is 0 Å². The number of hydrogen-bond acceptors (Lipinski definition) is 1. The van der Waals surface area contributed by atoms with Crippen molar-refractivity contribution in [2.45, 2.75) is 58.4 Å². The lowest BCUT2D eigenvalue weighted by atomic mass is 9.73. The quantitative estimate of drug-likeness (QED) is 0.850. The molecule has 0 amide bonds. The van der Waals surface area contributed by atoms with Crippen LogP contribution in [0.2, 0.25) is 0 Å². The van der Waals surface area contributed by atoms with Crippen LogP contribution in [-0.4, -0.2) is 6.04 Å². The second-order valence-corrected chi connectivity index (χ2v) is 5.97. The van der Waals surface area contributed by atoms with Gasteiger partial charge in [-0.05, 0) is 37.2 Å². The van der Waals surface area contributed by atoms with Gasteiger partial charge in [-0.25, -0.2) is 0 Å². The van der Waals surface area contributed by atoms with Crippen LogP contribution < -0.4 is 5.73 Å². The fourth-order valence-electron chi connectivity index (χ4n) is 3.45. The second-order valence-electron chi connectivity index (χ2n) is 5.97. The van der Waals surface area contributed by atoms with E-state index in [1.165, 1.54) is 43.2 Å². The molecular formula is C17H27N. The maximum absolute atomic E-state index is 6.48. The molecule has 1 heteroatoms. The minimum atomic E-state index is 0.345. The van der Waals surface area contributed by atoms with Crippen molar-refractivity contribution in [3.8, 4) is 0 Å². The smallest absolute Gasteiger partial charge is 0.0110 e. The summed E-state index contributed by atoms with van der Waals surface area (Å²) in [6.45, 7) is 4.46. The van der Waals surface area contributed by atoms with E-state index in [4.69, 9.17) is 5.73 Å².